The van der Waals surface area contributed by atoms with Gasteiger partial charge in [0.15, 0.2) is 11.5 Å². The SMILES string of the molecule is COc1ccccc1C1/C(=C(\O)c2cccc(Cl)c2)C(=O)C(=O)N1c1ccc2c(c1)OCCO2. The average molecular weight is 478 g/mol. The number of ketones is 1. The number of fused-ring (bicyclic) bond motifs is 1. The summed E-state index contributed by atoms with van der Waals surface area (Å²) in [6, 6.07) is 17.6. The zero-order valence-corrected chi connectivity index (χ0v) is 18.9. The van der Waals surface area contributed by atoms with Crippen molar-refractivity contribution in [2.24, 2.45) is 0 Å². The van der Waals surface area contributed by atoms with E-state index < -0.39 is 17.7 Å². The highest BCUT2D eigenvalue weighted by atomic mass is 35.5. The topological polar surface area (TPSA) is 85.3 Å². The number of methoxy groups -OCH3 is 1. The van der Waals surface area contributed by atoms with Gasteiger partial charge in [-0.3, -0.25) is 14.5 Å². The van der Waals surface area contributed by atoms with Crippen LogP contribution in [0.3, 0.4) is 0 Å². The molecule has 1 unspecified atom stereocenters. The van der Waals surface area contributed by atoms with Crippen molar-refractivity contribution in [1.82, 2.24) is 0 Å². The van der Waals surface area contributed by atoms with Gasteiger partial charge in [-0.2, -0.15) is 0 Å². The van der Waals surface area contributed by atoms with Crippen LogP contribution in [0, 0.1) is 0 Å². The molecule has 1 atom stereocenters. The highest BCUT2D eigenvalue weighted by Gasteiger charge is 2.48. The van der Waals surface area contributed by atoms with Gasteiger partial charge in [-0.15, -0.1) is 0 Å². The summed E-state index contributed by atoms with van der Waals surface area (Å²) in [4.78, 5) is 28.0. The largest absolute Gasteiger partial charge is 0.507 e. The molecule has 0 bridgehead atoms. The number of Topliss-reactive ketones (excluding diaryl/α,β-unsaturated/α-hetero) is 1. The Morgan fingerprint density at radius 3 is 2.53 bits per heavy atom. The Hall–Kier alpha value is -3.97. The molecule has 7 nitrogen and oxygen atoms in total. The van der Waals surface area contributed by atoms with Crippen LogP contribution in [0.5, 0.6) is 17.2 Å². The lowest BCUT2D eigenvalue weighted by molar-refractivity contribution is -0.132. The van der Waals surface area contributed by atoms with E-state index in [0.29, 0.717) is 52.3 Å². The zero-order chi connectivity index (χ0) is 23.8. The number of aliphatic hydroxyl groups excluding tert-OH is 1. The Morgan fingerprint density at radius 1 is 1.00 bits per heavy atom. The second kappa shape index (κ2) is 8.76. The lowest BCUT2D eigenvalue weighted by Crippen LogP contribution is -2.30. The van der Waals surface area contributed by atoms with E-state index in [4.69, 9.17) is 25.8 Å². The number of benzene rings is 3. The van der Waals surface area contributed by atoms with E-state index >= 15 is 0 Å². The number of ether oxygens (including phenoxy) is 3. The first-order valence-electron chi connectivity index (χ1n) is 10.6. The first-order chi connectivity index (χ1) is 16.5. The number of aliphatic hydroxyl groups is 1. The number of anilines is 1. The molecule has 5 rings (SSSR count). The lowest BCUT2D eigenvalue weighted by Gasteiger charge is -2.28. The maximum absolute atomic E-state index is 13.4. The molecule has 1 amide bonds. The second-order valence-electron chi connectivity index (χ2n) is 7.75. The molecule has 1 saturated heterocycles. The zero-order valence-electron chi connectivity index (χ0n) is 18.2. The molecule has 8 heteroatoms. The van der Waals surface area contributed by atoms with Gasteiger partial charge in [-0.1, -0.05) is 41.9 Å². The van der Waals surface area contributed by atoms with Crippen LogP contribution in [0.25, 0.3) is 5.76 Å². The van der Waals surface area contributed by atoms with Crippen molar-refractivity contribution < 1.29 is 28.9 Å². The number of para-hydroxylation sites is 1. The summed E-state index contributed by atoms with van der Waals surface area (Å²) in [5.41, 5.74) is 1.23. The highest BCUT2D eigenvalue weighted by molar-refractivity contribution is 6.51. The average Bonchev–Trinajstić information content (AvgIpc) is 3.13. The van der Waals surface area contributed by atoms with Crippen LogP contribution in [0.15, 0.2) is 72.3 Å². The molecule has 1 N–H and O–H groups in total. The summed E-state index contributed by atoms with van der Waals surface area (Å²) < 4.78 is 16.8. The van der Waals surface area contributed by atoms with Crippen LogP contribution in [0.1, 0.15) is 17.2 Å². The van der Waals surface area contributed by atoms with Gasteiger partial charge < -0.3 is 19.3 Å². The van der Waals surface area contributed by atoms with Crippen LogP contribution >= 0.6 is 11.6 Å². The van der Waals surface area contributed by atoms with Gasteiger partial charge in [0.1, 0.15) is 24.7 Å². The Balaban J connectivity index is 1.73. The van der Waals surface area contributed by atoms with Crippen LogP contribution in [0.2, 0.25) is 5.02 Å². The minimum Gasteiger partial charge on any atom is -0.507 e. The molecule has 0 aliphatic carbocycles. The molecule has 0 radical (unpaired) electrons. The molecule has 0 aromatic heterocycles. The highest BCUT2D eigenvalue weighted by Crippen LogP contribution is 2.46. The van der Waals surface area contributed by atoms with Crippen LogP contribution in [-0.4, -0.2) is 37.1 Å². The molecular weight excluding hydrogens is 458 g/mol. The minimum absolute atomic E-state index is 0.0633. The molecule has 1 fully saturated rings. The number of amides is 1. The number of nitrogens with zero attached hydrogens (tertiary/aromatic N) is 1. The fourth-order valence-electron chi connectivity index (χ4n) is 4.26. The molecule has 3 aromatic carbocycles. The van der Waals surface area contributed by atoms with Crippen LogP contribution in [0.4, 0.5) is 5.69 Å². The Labute approximate surface area is 200 Å². The predicted molar refractivity (Wildman–Crippen MR) is 127 cm³/mol. The number of carbonyl (C=O) groups is 2. The van der Waals surface area contributed by atoms with E-state index in [0.717, 1.165) is 0 Å². The van der Waals surface area contributed by atoms with E-state index in [1.807, 2.05) is 0 Å². The van der Waals surface area contributed by atoms with Crippen molar-refractivity contribution in [2.45, 2.75) is 6.04 Å². The molecule has 0 spiro atoms. The number of hydrogen-bond acceptors (Lipinski definition) is 6. The molecule has 2 heterocycles. The van der Waals surface area contributed by atoms with Gasteiger partial charge in [0.2, 0.25) is 0 Å². The number of carbonyl (C=O) groups excluding carboxylic acids is 2. The van der Waals surface area contributed by atoms with E-state index in [-0.39, 0.29) is 11.3 Å². The third-order valence-electron chi connectivity index (χ3n) is 5.78. The fourth-order valence-corrected chi connectivity index (χ4v) is 4.45. The van der Waals surface area contributed by atoms with Crippen molar-refractivity contribution in [2.75, 3.05) is 25.2 Å². The minimum atomic E-state index is -0.947. The van der Waals surface area contributed by atoms with Crippen molar-refractivity contribution in [3.8, 4) is 17.2 Å². The molecular formula is C26H20ClNO6. The van der Waals surface area contributed by atoms with Crippen LogP contribution < -0.4 is 19.1 Å². The summed E-state index contributed by atoms with van der Waals surface area (Å²) in [6.07, 6.45) is 0. The van der Waals surface area contributed by atoms with E-state index in [1.165, 1.54) is 18.1 Å². The molecule has 3 aromatic rings. The fraction of sp³-hybridized carbons (Fsp3) is 0.154. The molecule has 172 valence electrons. The third-order valence-corrected chi connectivity index (χ3v) is 6.02. The summed E-state index contributed by atoms with van der Waals surface area (Å²) in [6.45, 7) is 0.803. The molecule has 2 aliphatic rings. The smallest absolute Gasteiger partial charge is 0.300 e. The summed E-state index contributed by atoms with van der Waals surface area (Å²) in [5.74, 6) is -0.427. The van der Waals surface area contributed by atoms with Crippen molar-refractivity contribution >= 4 is 34.7 Å². The van der Waals surface area contributed by atoms with E-state index in [1.54, 1.807) is 60.7 Å². The molecule has 2 aliphatic heterocycles. The van der Waals surface area contributed by atoms with Crippen molar-refractivity contribution in [3.63, 3.8) is 0 Å². The Bertz CT molecular complexity index is 1330. The normalized spacial score (nSPS) is 18.8. The third kappa shape index (κ3) is 3.64. The number of halogens is 1. The predicted octanol–water partition coefficient (Wildman–Crippen LogP) is 4.75. The maximum atomic E-state index is 13.4. The van der Waals surface area contributed by atoms with Crippen molar-refractivity contribution in [1.29, 1.82) is 0 Å². The monoisotopic (exact) mass is 477 g/mol. The van der Waals surface area contributed by atoms with Gasteiger partial charge in [-0.05, 0) is 30.3 Å². The Morgan fingerprint density at radius 2 is 1.76 bits per heavy atom. The van der Waals surface area contributed by atoms with E-state index in [2.05, 4.69) is 0 Å². The van der Waals surface area contributed by atoms with Gasteiger partial charge in [-0.25, -0.2) is 0 Å². The lowest BCUT2D eigenvalue weighted by atomic mass is 9.94. The summed E-state index contributed by atoms with van der Waals surface area (Å²) in [5, 5.41) is 11.6. The standard InChI is InChI=1S/C26H20ClNO6/c1-32-19-8-3-2-7-18(19)23-22(24(29)15-5-4-6-16(27)13-15)25(30)26(31)28(23)17-9-10-20-21(14-17)34-12-11-33-20/h2-10,13-14,23,29H,11-12H2,1H3/b24-22+. The van der Waals surface area contributed by atoms with Crippen LogP contribution in [-0.2, 0) is 9.59 Å². The van der Waals surface area contributed by atoms with Gasteiger partial charge >= 0.3 is 0 Å². The van der Waals surface area contributed by atoms with E-state index in [9.17, 15) is 14.7 Å². The summed E-state index contributed by atoms with van der Waals surface area (Å²) >= 11 is 6.11. The van der Waals surface area contributed by atoms with Crippen molar-refractivity contribution in [3.05, 3.63) is 88.5 Å². The Kier molecular flexibility index (Phi) is 5.63. The van der Waals surface area contributed by atoms with Gasteiger partial charge in [0, 0.05) is 27.9 Å². The van der Waals surface area contributed by atoms with Gasteiger partial charge in [0.25, 0.3) is 11.7 Å². The first kappa shape index (κ1) is 21.9. The summed E-state index contributed by atoms with van der Waals surface area (Å²) in [7, 11) is 1.51. The first-order valence-corrected chi connectivity index (χ1v) is 11.0. The molecule has 0 saturated carbocycles. The van der Waals surface area contributed by atoms with Gasteiger partial charge in [0.05, 0.1) is 18.7 Å². The number of hydrogen-bond donors (Lipinski definition) is 1. The second-order valence-corrected chi connectivity index (χ2v) is 8.19. The number of rotatable bonds is 4. The molecule has 34 heavy (non-hydrogen) atoms. The maximum Gasteiger partial charge on any atom is 0.300 e. The quantitative estimate of drug-likeness (QED) is 0.332.